The maximum Gasteiger partial charge on any atom is 0.417 e. The minimum Gasteiger partial charge on any atom is -0.371 e. The first kappa shape index (κ1) is 19.6. The number of ether oxygens (including phenoxy) is 1. The van der Waals surface area contributed by atoms with E-state index in [1.165, 1.54) is 12.1 Å². The van der Waals surface area contributed by atoms with E-state index in [0.717, 1.165) is 30.3 Å². The molecule has 0 amide bonds. The highest BCUT2D eigenvalue weighted by Gasteiger charge is 2.33. The van der Waals surface area contributed by atoms with Crippen LogP contribution in [-0.2, 0) is 17.5 Å². The second kappa shape index (κ2) is 8.35. The van der Waals surface area contributed by atoms with E-state index in [2.05, 4.69) is 22.0 Å². The van der Waals surface area contributed by atoms with E-state index in [4.69, 9.17) is 4.74 Å². The van der Waals surface area contributed by atoms with Gasteiger partial charge in [0, 0.05) is 31.4 Å². The van der Waals surface area contributed by atoms with Crippen LogP contribution < -0.4 is 0 Å². The topological polar surface area (TPSA) is 25.4 Å². The molecule has 4 rings (SSSR count). The molecule has 1 aliphatic heterocycles. The molecule has 1 aromatic heterocycles. The summed E-state index contributed by atoms with van der Waals surface area (Å²) in [4.78, 5) is 6.59. The lowest BCUT2D eigenvalue weighted by molar-refractivity contribution is -0.137. The van der Waals surface area contributed by atoms with Crippen molar-refractivity contribution in [2.24, 2.45) is 0 Å². The Morgan fingerprint density at radius 2 is 1.72 bits per heavy atom. The zero-order valence-corrected chi connectivity index (χ0v) is 15.8. The van der Waals surface area contributed by atoms with Crippen LogP contribution in [0.15, 0.2) is 72.9 Å². The average Bonchev–Trinajstić information content (AvgIpc) is 2.75. The molecule has 6 heteroatoms. The van der Waals surface area contributed by atoms with Crippen LogP contribution in [0.3, 0.4) is 0 Å². The van der Waals surface area contributed by atoms with Crippen molar-refractivity contribution in [1.29, 1.82) is 0 Å². The molecule has 29 heavy (non-hydrogen) atoms. The fraction of sp³-hybridized carbons (Fsp3) is 0.261. The maximum atomic E-state index is 13.3. The Morgan fingerprint density at radius 1 is 0.966 bits per heavy atom. The third-order valence-electron chi connectivity index (χ3n) is 5.06. The molecule has 150 valence electrons. The average molecular weight is 398 g/mol. The third-order valence-corrected chi connectivity index (χ3v) is 5.06. The normalized spacial score (nSPS) is 18.0. The molecular formula is C23H21F3N2O. The van der Waals surface area contributed by atoms with Crippen LogP contribution in [0.25, 0.3) is 11.3 Å². The Balaban J connectivity index is 1.47. The standard InChI is InChI=1S/C23H21F3N2O/c24-23(25,26)20-9-5-4-8-19(20)21-11-10-17(14-27-21)15-28-12-13-29-22(16-28)18-6-2-1-3-7-18/h1-11,14,22H,12-13,15-16H2. The summed E-state index contributed by atoms with van der Waals surface area (Å²) in [6.45, 7) is 2.90. The minimum absolute atomic E-state index is 0.0239. The van der Waals surface area contributed by atoms with Gasteiger partial charge < -0.3 is 4.74 Å². The van der Waals surface area contributed by atoms with Crippen molar-refractivity contribution >= 4 is 0 Å². The highest BCUT2D eigenvalue weighted by Crippen LogP contribution is 2.36. The number of rotatable bonds is 4. The zero-order chi connectivity index (χ0) is 20.3. The Bertz CT molecular complexity index is 942. The van der Waals surface area contributed by atoms with Crippen LogP contribution in [-0.4, -0.2) is 29.6 Å². The van der Waals surface area contributed by atoms with Gasteiger partial charge in [-0.3, -0.25) is 9.88 Å². The number of pyridine rings is 1. The van der Waals surface area contributed by atoms with Crippen LogP contribution in [0.4, 0.5) is 13.2 Å². The fourth-order valence-corrected chi connectivity index (χ4v) is 3.60. The SMILES string of the molecule is FC(F)(F)c1ccccc1-c1ccc(CN2CCOC(c3ccccc3)C2)cn1. The van der Waals surface area contributed by atoms with Crippen LogP contribution in [0.5, 0.6) is 0 Å². The van der Waals surface area contributed by atoms with E-state index in [-0.39, 0.29) is 11.7 Å². The van der Waals surface area contributed by atoms with Crippen LogP contribution in [0, 0.1) is 0 Å². The van der Waals surface area contributed by atoms with Gasteiger partial charge in [-0.05, 0) is 23.3 Å². The van der Waals surface area contributed by atoms with E-state index in [9.17, 15) is 13.2 Å². The van der Waals surface area contributed by atoms with Gasteiger partial charge in [-0.15, -0.1) is 0 Å². The predicted octanol–water partition coefficient (Wildman–Crippen LogP) is 5.34. The minimum atomic E-state index is -4.41. The molecule has 0 N–H and O–H groups in total. The second-order valence-corrected chi connectivity index (χ2v) is 7.10. The van der Waals surface area contributed by atoms with Crippen molar-refractivity contribution in [2.45, 2.75) is 18.8 Å². The van der Waals surface area contributed by atoms with Gasteiger partial charge in [-0.2, -0.15) is 13.2 Å². The Kier molecular flexibility index (Phi) is 5.65. The van der Waals surface area contributed by atoms with Crippen LogP contribution in [0.2, 0.25) is 0 Å². The Hall–Kier alpha value is -2.70. The van der Waals surface area contributed by atoms with Crippen molar-refractivity contribution in [2.75, 3.05) is 19.7 Å². The number of hydrogen-bond acceptors (Lipinski definition) is 3. The molecule has 0 aliphatic carbocycles. The lowest BCUT2D eigenvalue weighted by atomic mass is 10.0. The molecule has 2 heterocycles. The predicted molar refractivity (Wildman–Crippen MR) is 105 cm³/mol. The molecule has 2 aromatic carbocycles. The van der Waals surface area contributed by atoms with E-state index < -0.39 is 11.7 Å². The smallest absolute Gasteiger partial charge is 0.371 e. The molecule has 1 aliphatic rings. The van der Waals surface area contributed by atoms with E-state index >= 15 is 0 Å². The quantitative estimate of drug-likeness (QED) is 0.593. The molecule has 1 unspecified atom stereocenters. The van der Waals surface area contributed by atoms with E-state index in [1.807, 2.05) is 24.3 Å². The van der Waals surface area contributed by atoms with Crippen LogP contribution in [0.1, 0.15) is 22.8 Å². The Labute approximate surface area is 167 Å². The molecule has 1 atom stereocenters. The monoisotopic (exact) mass is 398 g/mol. The summed E-state index contributed by atoms with van der Waals surface area (Å²) >= 11 is 0. The third kappa shape index (κ3) is 4.66. The molecule has 3 aromatic rings. The summed E-state index contributed by atoms with van der Waals surface area (Å²) in [5.41, 5.74) is 1.87. The van der Waals surface area contributed by atoms with Gasteiger partial charge in [0.25, 0.3) is 0 Å². The number of nitrogens with zero attached hydrogens (tertiary/aromatic N) is 2. The first-order chi connectivity index (χ1) is 14.0. The summed E-state index contributed by atoms with van der Waals surface area (Å²) in [5.74, 6) is 0. The largest absolute Gasteiger partial charge is 0.417 e. The summed E-state index contributed by atoms with van der Waals surface area (Å²) in [6.07, 6.45) is -2.72. The molecule has 0 saturated carbocycles. The van der Waals surface area contributed by atoms with Gasteiger partial charge in [-0.25, -0.2) is 0 Å². The number of hydrogen-bond donors (Lipinski definition) is 0. The number of benzene rings is 2. The van der Waals surface area contributed by atoms with Gasteiger partial charge in [0.2, 0.25) is 0 Å². The lowest BCUT2D eigenvalue weighted by Crippen LogP contribution is -2.37. The van der Waals surface area contributed by atoms with Gasteiger partial charge in [0.15, 0.2) is 0 Å². The van der Waals surface area contributed by atoms with Gasteiger partial charge in [0.05, 0.1) is 24.0 Å². The molecule has 0 spiro atoms. The summed E-state index contributed by atoms with van der Waals surface area (Å²) in [5, 5.41) is 0. The van der Waals surface area contributed by atoms with E-state index in [1.54, 1.807) is 18.3 Å². The van der Waals surface area contributed by atoms with Gasteiger partial charge in [-0.1, -0.05) is 54.6 Å². The number of aromatic nitrogens is 1. The summed E-state index contributed by atoms with van der Waals surface area (Å²) in [6, 6.07) is 19.1. The second-order valence-electron chi connectivity index (χ2n) is 7.10. The van der Waals surface area contributed by atoms with E-state index in [0.29, 0.717) is 18.8 Å². The van der Waals surface area contributed by atoms with Crippen molar-refractivity contribution < 1.29 is 17.9 Å². The molecular weight excluding hydrogens is 377 g/mol. The maximum absolute atomic E-state index is 13.3. The molecule has 1 saturated heterocycles. The van der Waals surface area contributed by atoms with Crippen LogP contribution >= 0.6 is 0 Å². The molecule has 0 bridgehead atoms. The number of morpholine rings is 1. The Morgan fingerprint density at radius 3 is 2.45 bits per heavy atom. The van der Waals surface area contributed by atoms with Gasteiger partial charge >= 0.3 is 6.18 Å². The van der Waals surface area contributed by atoms with Crippen molar-refractivity contribution in [1.82, 2.24) is 9.88 Å². The number of halogens is 3. The van der Waals surface area contributed by atoms with Crippen molar-refractivity contribution in [3.8, 4) is 11.3 Å². The lowest BCUT2D eigenvalue weighted by Gasteiger charge is -2.33. The van der Waals surface area contributed by atoms with Crippen molar-refractivity contribution in [3.63, 3.8) is 0 Å². The number of alkyl halides is 3. The highest BCUT2D eigenvalue weighted by molar-refractivity contribution is 5.64. The zero-order valence-electron chi connectivity index (χ0n) is 15.8. The molecule has 3 nitrogen and oxygen atoms in total. The first-order valence-corrected chi connectivity index (χ1v) is 9.51. The molecule has 1 fully saturated rings. The summed E-state index contributed by atoms with van der Waals surface area (Å²) in [7, 11) is 0. The first-order valence-electron chi connectivity index (χ1n) is 9.51. The fourth-order valence-electron chi connectivity index (χ4n) is 3.60. The van der Waals surface area contributed by atoms with Gasteiger partial charge in [0.1, 0.15) is 0 Å². The van der Waals surface area contributed by atoms with Crippen molar-refractivity contribution in [3.05, 3.63) is 89.6 Å². The highest BCUT2D eigenvalue weighted by atomic mass is 19.4. The molecule has 0 radical (unpaired) electrons. The summed E-state index contributed by atoms with van der Waals surface area (Å²) < 4.78 is 45.6.